The van der Waals surface area contributed by atoms with E-state index in [4.69, 9.17) is 0 Å². The van der Waals surface area contributed by atoms with Crippen molar-refractivity contribution in [2.24, 2.45) is 5.92 Å². The molecular formula is C11H24N2O2S2. The average Bonchev–Trinajstić information content (AvgIpc) is 2.28. The van der Waals surface area contributed by atoms with E-state index in [0.29, 0.717) is 19.0 Å². The van der Waals surface area contributed by atoms with Crippen LogP contribution >= 0.6 is 12.6 Å². The summed E-state index contributed by atoms with van der Waals surface area (Å²) in [4.78, 5) is 2.36. The van der Waals surface area contributed by atoms with Gasteiger partial charge in [0, 0.05) is 32.7 Å². The van der Waals surface area contributed by atoms with Crippen LogP contribution in [0.5, 0.6) is 0 Å². The van der Waals surface area contributed by atoms with Gasteiger partial charge in [0.2, 0.25) is 10.0 Å². The van der Waals surface area contributed by atoms with Gasteiger partial charge in [-0.2, -0.15) is 16.9 Å². The normalized spacial score (nSPS) is 21.6. The second kappa shape index (κ2) is 6.97. The first kappa shape index (κ1) is 15.3. The quantitative estimate of drug-likeness (QED) is 0.735. The number of rotatable bonds is 6. The lowest BCUT2D eigenvalue weighted by molar-refractivity contribution is 0.167. The fourth-order valence-electron chi connectivity index (χ4n) is 2.26. The predicted molar refractivity (Wildman–Crippen MR) is 75.1 cm³/mol. The van der Waals surface area contributed by atoms with Crippen LogP contribution in [0.25, 0.3) is 0 Å². The van der Waals surface area contributed by atoms with Crippen LogP contribution in [0.1, 0.15) is 19.8 Å². The molecule has 0 amide bonds. The molecule has 1 unspecified atom stereocenters. The van der Waals surface area contributed by atoms with Gasteiger partial charge in [-0.3, -0.25) is 0 Å². The second-order valence-corrected chi connectivity index (χ2v) is 7.15. The SMILES string of the molecule is CCCC(CS)CN1CCN(S(C)(=O)=O)CC1. The van der Waals surface area contributed by atoms with Crippen molar-refractivity contribution in [2.45, 2.75) is 19.8 Å². The number of nitrogens with zero attached hydrogens (tertiary/aromatic N) is 2. The first-order valence-corrected chi connectivity index (χ1v) is 8.73. The van der Waals surface area contributed by atoms with Crippen LogP contribution < -0.4 is 0 Å². The number of piperazine rings is 1. The zero-order chi connectivity index (χ0) is 12.9. The van der Waals surface area contributed by atoms with Gasteiger partial charge < -0.3 is 4.90 Å². The van der Waals surface area contributed by atoms with Gasteiger partial charge in [0.15, 0.2) is 0 Å². The third-order valence-electron chi connectivity index (χ3n) is 3.27. The average molecular weight is 280 g/mol. The summed E-state index contributed by atoms with van der Waals surface area (Å²) in [6.07, 6.45) is 3.68. The molecule has 0 saturated carbocycles. The van der Waals surface area contributed by atoms with Gasteiger partial charge in [-0.25, -0.2) is 8.42 Å². The fraction of sp³-hybridized carbons (Fsp3) is 1.00. The Balaban J connectivity index is 2.36. The first-order chi connectivity index (χ1) is 7.97. The maximum Gasteiger partial charge on any atom is 0.211 e. The Kier molecular flexibility index (Phi) is 6.26. The molecular weight excluding hydrogens is 256 g/mol. The smallest absolute Gasteiger partial charge is 0.211 e. The number of thiol groups is 1. The molecule has 0 spiro atoms. The Hall–Kier alpha value is 0.220. The molecule has 17 heavy (non-hydrogen) atoms. The Bertz CT molecular complexity index is 311. The van der Waals surface area contributed by atoms with E-state index >= 15 is 0 Å². The molecule has 1 rings (SSSR count). The lowest BCUT2D eigenvalue weighted by atomic mass is 10.1. The van der Waals surface area contributed by atoms with Crippen molar-refractivity contribution in [3.05, 3.63) is 0 Å². The topological polar surface area (TPSA) is 40.6 Å². The Labute approximate surface area is 111 Å². The summed E-state index contributed by atoms with van der Waals surface area (Å²) in [5.74, 6) is 1.55. The van der Waals surface area contributed by atoms with Gasteiger partial charge in [0.1, 0.15) is 0 Å². The Morgan fingerprint density at radius 2 is 1.82 bits per heavy atom. The molecule has 1 fully saturated rings. The van der Waals surface area contributed by atoms with Crippen molar-refractivity contribution in [3.63, 3.8) is 0 Å². The minimum absolute atomic E-state index is 0.629. The minimum Gasteiger partial charge on any atom is -0.300 e. The van der Waals surface area contributed by atoms with E-state index in [2.05, 4.69) is 24.5 Å². The molecule has 1 aliphatic heterocycles. The molecule has 1 saturated heterocycles. The molecule has 0 radical (unpaired) electrons. The van der Waals surface area contributed by atoms with Gasteiger partial charge in [0.05, 0.1) is 6.26 Å². The molecule has 4 nitrogen and oxygen atoms in total. The van der Waals surface area contributed by atoms with E-state index in [1.54, 1.807) is 4.31 Å². The van der Waals surface area contributed by atoms with Crippen molar-refractivity contribution in [3.8, 4) is 0 Å². The second-order valence-electron chi connectivity index (χ2n) is 4.80. The number of sulfonamides is 1. The fourth-order valence-corrected chi connectivity index (χ4v) is 3.38. The van der Waals surface area contributed by atoms with E-state index in [0.717, 1.165) is 25.4 Å². The molecule has 0 aromatic rings. The predicted octanol–water partition coefficient (Wildman–Crippen LogP) is 0.910. The van der Waals surface area contributed by atoms with E-state index in [-0.39, 0.29) is 0 Å². The van der Waals surface area contributed by atoms with E-state index < -0.39 is 10.0 Å². The van der Waals surface area contributed by atoms with Crippen LogP contribution in [0.4, 0.5) is 0 Å². The molecule has 102 valence electrons. The lowest BCUT2D eigenvalue weighted by Gasteiger charge is -2.35. The highest BCUT2D eigenvalue weighted by Gasteiger charge is 2.24. The molecule has 0 N–H and O–H groups in total. The molecule has 1 atom stereocenters. The highest BCUT2D eigenvalue weighted by atomic mass is 32.2. The highest BCUT2D eigenvalue weighted by molar-refractivity contribution is 7.88. The minimum atomic E-state index is -3.00. The van der Waals surface area contributed by atoms with Crippen LogP contribution in [0.2, 0.25) is 0 Å². The third-order valence-corrected chi connectivity index (χ3v) is 5.09. The van der Waals surface area contributed by atoms with Crippen molar-refractivity contribution >= 4 is 22.7 Å². The molecule has 1 aliphatic rings. The summed E-state index contributed by atoms with van der Waals surface area (Å²) < 4.78 is 24.3. The van der Waals surface area contributed by atoms with Crippen LogP contribution in [0.15, 0.2) is 0 Å². The van der Waals surface area contributed by atoms with E-state index in [9.17, 15) is 8.42 Å². The Morgan fingerprint density at radius 1 is 1.24 bits per heavy atom. The van der Waals surface area contributed by atoms with E-state index in [1.807, 2.05) is 0 Å². The van der Waals surface area contributed by atoms with Gasteiger partial charge in [0.25, 0.3) is 0 Å². The summed E-state index contributed by atoms with van der Waals surface area (Å²) in [5, 5.41) is 0. The van der Waals surface area contributed by atoms with Crippen LogP contribution in [-0.4, -0.2) is 62.4 Å². The highest BCUT2D eigenvalue weighted by Crippen LogP contribution is 2.13. The van der Waals surface area contributed by atoms with Gasteiger partial charge in [-0.1, -0.05) is 13.3 Å². The van der Waals surface area contributed by atoms with Crippen molar-refractivity contribution in [2.75, 3.05) is 44.7 Å². The third kappa shape index (κ3) is 5.16. The van der Waals surface area contributed by atoms with E-state index in [1.165, 1.54) is 19.1 Å². The standard InChI is InChI=1S/C11H24N2O2S2/c1-3-4-11(10-16)9-12-5-7-13(8-6-12)17(2,14)15/h11,16H,3-10H2,1-2H3. The monoisotopic (exact) mass is 280 g/mol. The van der Waals surface area contributed by atoms with Gasteiger partial charge >= 0.3 is 0 Å². The first-order valence-electron chi connectivity index (χ1n) is 6.25. The van der Waals surface area contributed by atoms with Gasteiger partial charge in [-0.05, 0) is 18.1 Å². The summed E-state index contributed by atoms with van der Waals surface area (Å²) in [7, 11) is -3.00. The molecule has 6 heteroatoms. The van der Waals surface area contributed by atoms with Crippen molar-refractivity contribution < 1.29 is 8.42 Å². The Morgan fingerprint density at radius 3 is 2.24 bits per heavy atom. The maximum atomic E-state index is 11.4. The molecule has 0 aromatic carbocycles. The molecule has 0 bridgehead atoms. The summed E-state index contributed by atoms with van der Waals surface area (Å²) >= 11 is 4.38. The molecule has 0 aromatic heterocycles. The lowest BCUT2D eigenvalue weighted by Crippen LogP contribution is -2.49. The van der Waals surface area contributed by atoms with Crippen LogP contribution in [-0.2, 0) is 10.0 Å². The number of hydrogen-bond donors (Lipinski definition) is 1. The zero-order valence-electron chi connectivity index (χ0n) is 10.8. The van der Waals surface area contributed by atoms with Crippen molar-refractivity contribution in [1.82, 2.24) is 9.21 Å². The van der Waals surface area contributed by atoms with Crippen LogP contribution in [0, 0.1) is 5.92 Å². The van der Waals surface area contributed by atoms with Crippen molar-refractivity contribution in [1.29, 1.82) is 0 Å². The summed E-state index contributed by atoms with van der Waals surface area (Å²) in [5.41, 5.74) is 0. The van der Waals surface area contributed by atoms with Gasteiger partial charge in [-0.15, -0.1) is 0 Å². The maximum absolute atomic E-state index is 11.4. The van der Waals surface area contributed by atoms with Crippen LogP contribution in [0.3, 0.4) is 0 Å². The molecule has 0 aliphatic carbocycles. The summed E-state index contributed by atoms with van der Waals surface area (Å²) in [6.45, 7) is 6.20. The molecule has 1 heterocycles. The largest absolute Gasteiger partial charge is 0.300 e. The number of hydrogen-bond acceptors (Lipinski definition) is 4. The summed E-state index contributed by atoms with van der Waals surface area (Å²) in [6, 6.07) is 0. The zero-order valence-corrected chi connectivity index (χ0v) is 12.5.